The van der Waals surface area contributed by atoms with Gasteiger partial charge in [-0.2, -0.15) is 0 Å². The highest BCUT2D eigenvalue weighted by Gasteiger charge is 2.17. The maximum Gasteiger partial charge on any atom is 0.271 e. The number of anilines is 2. The van der Waals surface area contributed by atoms with E-state index in [-0.39, 0.29) is 11.7 Å². The van der Waals surface area contributed by atoms with E-state index in [1.807, 2.05) is 6.92 Å². The Morgan fingerprint density at radius 1 is 1.50 bits per heavy atom. The van der Waals surface area contributed by atoms with Gasteiger partial charge in [-0.1, -0.05) is 12.2 Å². The van der Waals surface area contributed by atoms with Gasteiger partial charge in [0.15, 0.2) is 0 Å². The number of rotatable bonds is 1. The SMILES string of the molecule is CC1CC(=S)Nc2ccc([N+](=O)[O-])cc2N1. The van der Waals surface area contributed by atoms with Gasteiger partial charge in [-0.15, -0.1) is 0 Å². The standard InChI is InChI=1S/C10H11N3O2S/c1-6-4-10(16)12-8-3-2-7(13(14)15)5-9(8)11-6/h2-3,5-6,11H,4H2,1H3,(H,12,16). The van der Waals surface area contributed by atoms with E-state index in [9.17, 15) is 10.1 Å². The van der Waals surface area contributed by atoms with Crippen LogP contribution in [0.1, 0.15) is 13.3 Å². The summed E-state index contributed by atoms with van der Waals surface area (Å²) in [5.41, 5.74) is 1.59. The van der Waals surface area contributed by atoms with Crippen molar-refractivity contribution < 1.29 is 4.92 Å². The van der Waals surface area contributed by atoms with Crippen molar-refractivity contribution in [1.29, 1.82) is 0 Å². The van der Waals surface area contributed by atoms with Crippen LogP contribution in [0.5, 0.6) is 0 Å². The number of thiocarbonyl (C=S) groups is 1. The van der Waals surface area contributed by atoms with E-state index >= 15 is 0 Å². The Morgan fingerprint density at radius 3 is 2.94 bits per heavy atom. The first-order valence-electron chi connectivity index (χ1n) is 4.91. The molecule has 1 atom stereocenters. The normalized spacial score (nSPS) is 19.1. The van der Waals surface area contributed by atoms with Gasteiger partial charge in [0.05, 0.1) is 21.3 Å². The fraction of sp³-hybridized carbons (Fsp3) is 0.300. The van der Waals surface area contributed by atoms with Crippen molar-refractivity contribution in [2.45, 2.75) is 19.4 Å². The highest BCUT2D eigenvalue weighted by molar-refractivity contribution is 7.80. The number of hydrogen-bond acceptors (Lipinski definition) is 4. The summed E-state index contributed by atoms with van der Waals surface area (Å²) in [6.07, 6.45) is 0.720. The Balaban J connectivity index is 2.42. The highest BCUT2D eigenvalue weighted by atomic mass is 32.1. The lowest BCUT2D eigenvalue weighted by Gasteiger charge is -2.11. The number of nitrogens with zero attached hydrogens (tertiary/aromatic N) is 1. The third-order valence-corrected chi connectivity index (χ3v) is 2.65. The summed E-state index contributed by atoms with van der Waals surface area (Å²) in [4.78, 5) is 11.0. The molecule has 1 heterocycles. The predicted molar refractivity (Wildman–Crippen MR) is 67.0 cm³/mol. The molecule has 1 aliphatic heterocycles. The van der Waals surface area contributed by atoms with E-state index in [1.165, 1.54) is 12.1 Å². The summed E-state index contributed by atoms with van der Waals surface area (Å²) in [5.74, 6) is 0. The molecule has 2 N–H and O–H groups in total. The van der Waals surface area contributed by atoms with E-state index in [0.717, 1.165) is 22.8 Å². The third-order valence-electron chi connectivity index (χ3n) is 2.38. The first kappa shape index (κ1) is 10.8. The topological polar surface area (TPSA) is 67.2 Å². The Bertz CT molecular complexity index is 461. The minimum absolute atomic E-state index is 0.0769. The number of hydrogen-bond donors (Lipinski definition) is 2. The zero-order chi connectivity index (χ0) is 11.7. The Hall–Kier alpha value is -1.69. The van der Waals surface area contributed by atoms with Gasteiger partial charge in [0, 0.05) is 24.6 Å². The Labute approximate surface area is 98.0 Å². The summed E-state index contributed by atoms with van der Waals surface area (Å²) in [6.45, 7) is 1.99. The number of nitro benzene ring substituents is 1. The van der Waals surface area contributed by atoms with E-state index in [4.69, 9.17) is 12.2 Å². The predicted octanol–water partition coefficient (Wildman–Crippen LogP) is 2.54. The molecule has 1 aliphatic rings. The van der Waals surface area contributed by atoms with Gasteiger partial charge >= 0.3 is 0 Å². The molecule has 84 valence electrons. The van der Waals surface area contributed by atoms with Crippen LogP contribution in [0.3, 0.4) is 0 Å². The fourth-order valence-corrected chi connectivity index (χ4v) is 2.03. The molecule has 0 spiro atoms. The molecule has 0 aliphatic carbocycles. The molecule has 5 nitrogen and oxygen atoms in total. The van der Waals surface area contributed by atoms with Crippen LogP contribution < -0.4 is 10.6 Å². The van der Waals surface area contributed by atoms with Crippen molar-refractivity contribution in [3.8, 4) is 0 Å². The lowest BCUT2D eigenvalue weighted by molar-refractivity contribution is -0.384. The second-order valence-electron chi connectivity index (χ2n) is 3.78. The summed E-state index contributed by atoms with van der Waals surface area (Å²) >= 11 is 5.15. The average molecular weight is 237 g/mol. The van der Waals surface area contributed by atoms with Crippen molar-refractivity contribution in [3.05, 3.63) is 28.3 Å². The van der Waals surface area contributed by atoms with Crippen LogP contribution in [0, 0.1) is 10.1 Å². The van der Waals surface area contributed by atoms with Crippen LogP contribution >= 0.6 is 12.2 Å². The Morgan fingerprint density at radius 2 is 2.25 bits per heavy atom. The number of nitro groups is 1. The molecule has 0 fully saturated rings. The summed E-state index contributed by atoms with van der Waals surface area (Å²) < 4.78 is 0. The molecule has 1 aromatic rings. The molecule has 0 saturated carbocycles. The number of nitrogens with one attached hydrogen (secondary N) is 2. The van der Waals surface area contributed by atoms with Gasteiger partial charge in [0.1, 0.15) is 0 Å². The molecular formula is C10H11N3O2S. The fourth-order valence-electron chi connectivity index (χ4n) is 1.67. The van der Waals surface area contributed by atoms with E-state index < -0.39 is 4.92 Å². The lowest BCUT2D eigenvalue weighted by atomic mass is 10.2. The molecule has 0 bridgehead atoms. The molecular weight excluding hydrogens is 226 g/mol. The van der Waals surface area contributed by atoms with Gasteiger partial charge in [0.2, 0.25) is 0 Å². The number of fused-ring (bicyclic) bond motifs is 1. The van der Waals surface area contributed by atoms with Crippen molar-refractivity contribution in [2.75, 3.05) is 10.6 Å². The minimum atomic E-state index is -0.407. The molecule has 0 aromatic heterocycles. The van der Waals surface area contributed by atoms with Crippen molar-refractivity contribution >= 4 is 34.3 Å². The summed E-state index contributed by atoms with van der Waals surface area (Å²) in [5, 5.41) is 16.9. The molecule has 0 saturated heterocycles. The van der Waals surface area contributed by atoms with Crippen LogP contribution in [-0.2, 0) is 0 Å². The molecule has 6 heteroatoms. The van der Waals surface area contributed by atoms with Crippen molar-refractivity contribution in [1.82, 2.24) is 0 Å². The van der Waals surface area contributed by atoms with E-state index in [2.05, 4.69) is 10.6 Å². The van der Waals surface area contributed by atoms with Gasteiger partial charge in [-0.3, -0.25) is 10.1 Å². The zero-order valence-electron chi connectivity index (χ0n) is 8.69. The van der Waals surface area contributed by atoms with Gasteiger partial charge in [0.25, 0.3) is 5.69 Å². The first-order chi connectivity index (χ1) is 7.56. The second kappa shape index (κ2) is 4.05. The van der Waals surface area contributed by atoms with Crippen LogP contribution in [0.15, 0.2) is 18.2 Å². The molecule has 0 radical (unpaired) electrons. The van der Waals surface area contributed by atoms with Crippen LogP contribution in [-0.4, -0.2) is 16.0 Å². The molecule has 1 unspecified atom stereocenters. The molecule has 2 rings (SSSR count). The highest BCUT2D eigenvalue weighted by Crippen LogP contribution is 2.30. The summed E-state index contributed by atoms with van der Waals surface area (Å²) in [6, 6.07) is 4.83. The molecule has 0 amide bonds. The quantitative estimate of drug-likeness (QED) is 0.446. The van der Waals surface area contributed by atoms with Crippen LogP contribution in [0.25, 0.3) is 0 Å². The first-order valence-corrected chi connectivity index (χ1v) is 5.32. The summed E-state index contributed by atoms with van der Waals surface area (Å²) in [7, 11) is 0. The van der Waals surface area contributed by atoms with Gasteiger partial charge < -0.3 is 10.6 Å². The molecule has 1 aromatic carbocycles. The number of non-ortho nitro benzene ring substituents is 1. The molecule has 16 heavy (non-hydrogen) atoms. The maximum absolute atomic E-state index is 10.7. The van der Waals surface area contributed by atoms with Crippen LogP contribution in [0.2, 0.25) is 0 Å². The Kier molecular flexibility index (Phi) is 2.74. The zero-order valence-corrected chi connectivity index (χ0v) is 9.50. The minimum Gasteiger partial charge on any atom is -0.380 e. The second-order valence-corrected chi connectivity index (χ2v) is 4.28. The maximum atomic E-state index is 10.7. The smallest absolute Gasteiger partial charge is 0.271 e. The van der Waals surface area contributed by atoms with Crippen molar-refractivity contribution in [3.63, 3.8) is 0 Å². The third kappa shape index (κ3) is 2.11. The van der Waals surface area contributed by atoms with Crippen LogP contribution in [0.4, 0.5) is 17.1 Å². The van der Waals surface area contributed by atoms with Gasteiger partial charge in [-0.05, 0) is 13.0 Å². The van der Waals surface area contributed by atoms with E-state index in [0.29, 0.717) is 0 Å². The average Bonchev–Trinajstić information content (AvgIpc) is 2.32. The van der Waals surface area contributed by atoms with E-state index in [1.54, 1.807) is 6.07 Å². The van der Waals surface area contributed by atoms with Crippen molar-refractivity contribution in [2.24, 2.45) is 0 Å². The lowest BCUT2D eigenvalue weighted by Crippen LogP contribution is -2.17. The van der Waals surface area contributed by atoms with Gasteiger partial charge in [-0.25, -0.2) is 0 Å². The monoisotopic (exact) mass is 237 g/mol. The largest absolute Gasteiger partial charge is 0.380 e. The number of benzene rings is 1.